The van der Waals surface area contributed by atoms with E-state index in [0.717, 1.165) is 10.5 Å². The van der Waals surface area contributed by atoms with Gasteiger partial charge in [-0.25, -0.2) is 4.79 Å². The fraction of sp³-hybridized carbons (Fsp3) is 0.353. The van der Waals surface area contributed by atoms with E-state index in [2.05, 4.69) is 0 Å². The molecule has 1 aromatic carbocycles. The van der Waals surface area contributed by atoms with Crippen molar-refractivity contribution in [2.45, 2.75) is 24.7 Å². The van der Waals surface area contributed by atoms with Gasteiger partial charge in [-0.15, -0.1) is 0 Å². The van der Waals surface area contributed by atoms with E-state index in [1.54, 1.807) is 36.4 Å². The van der Waals surface area contributed by atoms with Gasteiger partial charge in [0, 0.05) is 6.42 Å². The minimum Gasteiger partial charge on any atom is -0.480 e. The monoisotopic (exact) mass is 313 g/mol. The lowest BCUT2D eigenvalue weighted by molar-refractivity contribution is -0.156. The molecule has 2 bridgehead atoms. The van der Waals surface area contributed by atoms with Crippen molar-refractivity contribution in [3.05, 3.63) is 48.0 Å². The Morgan fingerprint density at radius 2 is 1.65 bits per heavy atom. The van der Waals surface area contributed by atoms with Gasteiger partial charge in [-0.05, 0) is 5.56 Å². The number of carboxylic acid groups (broad SMARTS) is 1. The summed E-state index contributed by atoms with van der Waals surface area (Å²) in [6.45, 7) is 0. The molecule has 4 rings (SSSR count). The molecule has 118 valence electrons. The van der Waals surface area contributed by atoms with Crippen LogP contribution in [0, 0.1) is 11.8 Å². The fourth-order valence-corrected chi connectivity index (χ4v) is 3.76. The first-order valence-corrected chi connectivity index (χ1v) is 7.55. The van der Waals surface area contributed by atoms with Crippen molar-refractivity contribution in [2.24, 2.45) is 11.8 Å². The highest BCUT2D eigenvalue weighted by Gasteiger charge is 2.62. The van der Waals surface area contributed by atoms with Gasteiger partial charge in [0.2, 0.25) is 11.8 Å². The van der Waals surface area contributed by atoms with Crippen LogP contribution in [0.2, 0.25) is 0 Å². The smallest absolute Gasteiger partial charge is 0.327 e. The second-order valence-electron chi connectivity index (χ2n) is 6.09. The van der Waals surface area contributed by atoms with Gasteiger partial charge in [0.15, 0.2) is 0 Å². The Kier molecular flexibility index (Phi) is 3.09. The molecule has 3 aliphatic heterocycles. The average Bonchev–Trinajstić information content (AvgIpc) is 3.21. The van der Waals surface area contributed by atoms with Gasteiger partial charge in [0.05, 0.1) is 24.0 Å². The second-order valence-corrected chi connectivity index (χ2v) is 6.09. The van der Waals surface area contributed by atoms with Crippen LogP contribution < -0.4 is 0 Å². The van der Waals surface area contributed by atoms with E-state index in [1.165, 1.54) is 0 Å². The molecule has 6 heteroatoms. The van der Waals surface area contributed by atoms with E-state index < -0.39 is 47.9 Å². The molecule has 0 radical (unpaired) electrons. The molecule has 1 N–H and O–H groups in total. The summed E-state index contributed by atoms with van der Waals surface area (Å²) in [6.07, 6.45) is 2.87. The normalized spacial score (nSPS) is 32.4. The Morgan fingerprint density at radius 1 is 1.09 bits per heavy atom. The van der Waals surface area contributed by atoms with Crippen LogP contribution in [0.15, 0.2) is 42.5 Å². The summed E-state index contributed by atoms with van der Waals surface area (Å²) in [5.74, 6) is -3.18. The predicted octanol–water partition coefficient (Wildman–Crippen LogP) is 0.621. The van der Waals surface area contributed by atoms with Gasteiger partial charge in [-0.3, -0.25) is 14.5 Å². The second kappa shape index (κ2) is 5.03. The van der Waals surface area contributed by atoms with Crippen LogP contribution in [0.25, 0.3) is 0 Å². The summed E-state index contributed by atoms with van der Waals surface area (Å²) >= 11 is 0. The molecule has 0 aliphatic carbocycles. The number of carbonyl (C=O) groups is 3. The molecule has 3 heterocycles. The maximum atomic E-state index is 12.7. The lowest BCUT2D eigenvalue weighted by atomic mass is 9.85. The Balaban J connectivity index is 1.64. The van der Waals surface area contributed by atoms with Crippen molar-refractivity contribution in [3.8, 4) is 0 Å². The topological polar surface area (TPSA) is 83.9 Å². The van der Waals surface area contributed by atoms with Gasteiger partial charge >= 0.3 is 5.97 Å². The zero-order valence-electron chi connectivity index (χ0n) is 12.2. The maximum absolute atomic E-state index is 12.7. The first kappa shape index (κ1) is 14.1. The van der Waals surface area contributed by atoms with Crippen molar-refractivity contribution >= 4 is 17.8 Å². The first-order chi connectivity index (χ1) is 11.1. The van der Waals surface area contributed by atoms with Crippen LogP contribution in [0.4, 0.5) is 0 Å². The van der Waals surface area contributed by atoms with Gasteiger partial charge in [0.25, 0.3) is 0 Å². The minimum absolute atomic E-state index is 0.108. The summed E-state index contributed by atoms with van der Waals surface area (Å²) in [5.41, 5.74) is 0.773. The molecule has 2 fully saturated rings. The van der Waals surface area contributed by atoms with Crippen LogP contribution >= 0.6 is 0 Å². The first-order valence-electron chi connectivity index (χ1n) is 7.55. The molecular weight excluding hydrogens is 298 g/mol. The van der Waals surface area contributed by atoms with Gasteiger partial charge in [-0.1, -0.05) is 42.5 Å². The summed E-state index contributed by atoms with van der Waals surface area (Å²) in [6, 6.07) is 7.83. The summed E-state index contributed by atoms with van der Waals surface area (Å²) in [4.78, 5) is 37.9. The summed E-state index contributed by atoms with van der Waals surface area (Å²) in [5, 5.41) is 9.55. The molecule has 1 aromatic rings. The number of hydrogen-bond acceptors (Lipinski definition) is 4. The van der Waals surface area contributed by atoms with Crippen LogP contribution in [0.5, 0.6) is 0 Å². The Hall–Kier alpha value is -2.47. The minimum atomic E-state index is -1.18. The predicted molar refractivity (Wildman–Crippen MR) is 78.2 cm³/mol. The third-order valence-electron chi connectivity index (χ3n) is 4.81. The van der Waals surface area contributed by atoms with Crippen molar-refractivity contribution in [3.63, 3.8) is 0 Å². The van der Waals surface area contributed by atoms with Crippen molar-refractivity contribution in [2.75, 3.05) is 0 Å². The summed E-state index contributed by atoms with van der Waals surface area (Å²) in [7, 11) is 0. The number of imide groups is 1. The number of carbonyl (C=O) groups excluding carboxylic acids is 2. The van der Waals surface area contributed by atoms with Crippen LogP contribution in [-0.4, -0.2) is 46.0 Å². The van der Waals surface area contributed by atoms with Crippen LogP contribution in [0.3, 0.4) is 0 Å². The fourth-order valence-electron chi connectivity index (χ4n) is 3.76. The van der Waals surface area contributed by atoms with Crippen LogP contribution in [0.1, 0.15) is 5.56 Å². The number of hydrogen-bond donors (Lipinski definition) is 1. The molecule has 0 spiro atoms. The van der Waals surface area contributed by atoms with Gasteiger partial charge in [-0.2, -0.15) is 0 Å². The largest absolute Gasteiger partial charge is 0.480 e. The van der Waals surface area contributed by atoms with Gasteiger partial charge < -0.3 is 9.84 Å². The number of carboxylic acids is 1. The quantitative estimate of drug-likeness (QED) is 0.651. The molecule has 6 nitrogen and oxygen atoms in total. The van der Waals surface area contributed by atoms with E-state index in [-0.39, 0.29) is 6.42 Å². The third-order valence-corrected chi connectivity index (χ3v) is 4.81. The Morgan fingerprint density at radius 3 is 2.17 bits per heavy atom. The Labute approximate surface area is 132 Å². The maximum Gasteiger partial charge on any atom is 0.327 e. The van der Waals surface area contributed by atoms with Gasteiger partial charge in [0.1, 0.15) is 6.04 Å². The lowest BCUT2D eigenvalue weighted by Crippen LogP contribution is -2.48. The highest BCUT2D eigenvalue weighted by atomic mass is 16.5. The zero-order chi connectivity index (χ0) is 16.1. The molecule has 3 aliphatic rings. The number of amides is 2. The number of rotatable bonds is 4. The molecular formula is C17H15NO5. The van der Waals surface area contributed by atoms with Crippen molar-refractivity contribution < 1.29 is 24.2 Å². The highest BCUT2D eigenvalue weighted by molar-refractivity contribution is 6.09. The van der Waals surface area contributed by atoms with E-state index in [0.29, 0.717) is 0 Å². The lowest BCUT2D eigenvalue weighted by Gasteiger charge is -2.24. The van der Waals surface area contributed by atoms with E-state index in [9.17, 15) is 19.5 Å². The molecule has 5 unspecified atom stereocenters. The number of ether oxygens (including phenoxy) is 1. The number of aliphatic carboxylic acids is 1. The number of nitrogens with zero attached hydrogens (tertiary/aromatic N) is 1. The molecule has 5 atom stereocenters. The Bertz CT molecular complexity index is 683. The molecule has 0 saturated carbocycles. The SMILES string of the molecule is O=C(O)C(Cc1ccccc1)N1C(=O)C2C3C=CC(O3)C2C1=O. The molecule has 2 saturated heterocycles. The van der Waals surface area contributed by atoms with E-state index in [1.807, 2.05) is 6.07 Å². The summed E-state index contributed by atoms with van der Waals surface area (Å²) < 4.78 is 5.56. The molecule has 0 aromatic heterocycles. The van der Waals surface area contributed by atoms with E-state index in [4.69, 9.17) is 4.74 Å². The highest BCUT2D eigenvalue weighted by Crippen LogP contribution is 2.45. The average molecular weight is 313 g/mol. The molecule has 2 amide bonds. The molecule has 23 heavy (non-hydrogen) atoms. The number of fused-ring (bicyclic) bond motifs is 5. The van der Waals surface area contributed by atoms with Crippen molar-refractivity contribution in [1.82, 2.24) is 4.90 Å². The standard InChI is InChI=1S/C17H15NO5/c19-15-13-11-6-7-12(23-11)14(13)16(20)18(15)10(17(21)22)8-9-4-2-1-3-5-9/h1-7,10-14H,8H2,(H,21,22). The number of likely N-dealkylation sites (tertiary alicyclic amines) is 1. The van der Waals surface area contributed by atoms with Crippen molar-refractivity contribution in [1.29, 1.82) is 0 Å². The zero-order valence-corrected chi connectivity index (χ0v) is 12.2. The van der Waals surface area contributed by atoms with Crippen LogP contribution in [-0.2, 0) is 25.5 Å². The third kappa shape index (κ3) is 2.02. The number of benzene rings is 1. The van der Waals surface area contributed by atoms with E-state index >= 15 is 0 Å².